The van der Waals surface area contributed by atoms with Crippen LogP contribution in [0.2, 0.25) is 0 Å². The molecule has 0 radical (unpaired) electrons. The zero-order valence-corrected chi connectivity index (χ0v) is 75.8. The van der Waals surface area contributed by atoms with Gasteiger partial charge in [-0.25, -0.2) is 4.68 Å². The minimum absolute atomic E-state index is 0.0226. The van der Waals surface area contributed by atoms with Crippen LogP contribution < -0.4 is 10.6 Å². The van der Waals surface area contributed by atoms with Gasteiger partial charge in [0.25, 0.3) is 0 Å². The number of carbonyl (C=O) groups excluding carboxylic acids is 10. The minimum Gasteiger partial charge on any atom is -0.462 e. The fourth-order valence-corrected chi connectivity index (χ4v) is 13.2. The van der Waals surface area contributed by atoms with Crippen molar-refractivity contribution in [3.05, 3.63) is 22.3 Å². The number of hydrogen-bond acceptors (Lipinski definition) is 21. The lowest BCUT2D eigenvalue weighted by Gasteiger charge is -2.21. The van der Waals surface area contributed by atoms with Crippen LogP contribution in [0.5, 0.6) is 0 Å². The molecule has 1 rings (SSSR count). The number of esters is 6. The first-order valence-corrected chi connectivity index (χ1v) is 47.1. The summed E-state index contributed by atoms with van der Waals surface area (Å²) in [7, 11) is 0. The fourth-order valence-electron chi connectivity index (χ4n) is 13.2. The summed E-state index contributed by atoms with van der Waals surface area (Å²) in [5.74, 6) is -0.693. The van der Waals surface area contributed by atoms with Gasteiger partial charge in [0.15, 0.2) is 12.2 Å². The molecule has 1 heterocycles. The Labute approximate surface area is 723 Å². The molecule has 28 heteroatoms. The van der Waals surface area contributed by atoms with E-state index in [2.05, 4.69) is 64.6 Å². The summed E-state index contributed by atoms with van der Waals surface area (Å²) in [6.45, 7) is 12.7. The SMILES string of the molecule is C#CCCCC(=O)NCCN(CCO)C(=O)CC.CCCCCCCCCCCCCC(=O)OCC(COC(=O)CN=[N+]=[N-])OC(=O)CCCCCCCCCCCCC.CCCCCCCCCCCCCC(=O)OCC(COC(=O)Cn1cc(CCCC(=O)NCCN(CCO)C(=O)CC)nn1)OC(=O)CCCCCCCCCCCCC. The number of aliphatic hydroxyl groups is 2. The summed E-state index contributed by atoms with van der Waals surface area (Å²) in [6.07, 6.45) is 61.9. The summed E-state index contributed by atoms with van der Waals surface area (Å²) in [4.78, 5) is 127. The van der Waals surface area contributed by atoms with E-state index in [9.17, 15) is 47.9 Å². The van der Waals surface area contributed by atoms with Gasteiger partial charge < -0.3 is 59.1 Å². The van der Waals surface area contributed by atoms with Gasteiger partial charge in [-0.3, -0.25) is 47.9 Å². The van der Waals surface area contributed by atoms with Crippen LogP contribution in [0.15, 0.2) is 11.3 Å². The molecule has 0 aliphatic carbocycles. The van der Waals surface area contributed by atoms with Crippen LogP contribution in [0, 0.1) is 12.3 Å². The van der Waals surface area contributed by atoms with Crippen molar-refractivity contribution in [1.82, 2.24) is 35.4 Å². The van der Waals surface area contributed by atoms with Crippen LogP contribution in [-0.2, 0) is 89.3 Å². The number of terminal acetylenes is 1. The third-order valence-electron chi connectivity index (χ3n) is 20.4. The standard InChI is InChI=1S/C46H83N5O9.C33H61N3O6.C13H22N2O3/c1-4-7-9-11-13-15-17-19-21-23-25-30-44(55)58-38-41(60-45(56)31-26-24-22-20-18-16-14-12-10-8-5-2)39-59-46(57)37-51-36-40(48-49-51)28-27-29-42(53)47-32-33-50(34-35-52)43(54)6-3;1-3-5-7-9-11-13-15-17-19-21-23-25-31(37)40-28-30(29-41-33(39)27-35-36-34)42-32(38)26-24-22-20-18-16-14-12-10-8-6-4-2;1-3-5-6-7-12(17)14-8-9-15(10-11-16)13(18)4-2/h36,41,52H,4-35,37-39H2,1-3H3,(H,47,53);30H,3-29H2,1-2H3;1,16H,4-11H2,2H3,(H,14,17). The largest absolute Gasteiger partial charge is 0.462 e. The van der Waals surface area contributed by atoms with Crippen LogP contribution in [0.4, 0.5) is 0 Å². The lowest BCUT2D eigenvalue weighted by atomic mass is 10.1. The average Bonchev–Trinajstić information content (AvgIpc) is 1.76. The maximum absolute atomic E-state index is 12.8. The number of nitrogens with zero attached hydrogens (tertiary/aromatic N) is 8. The van der Waals surface area contributed by atoms with Crippen molar-refractivity contribution < 1.29 is 86.6 Å². The Bertz CT molecular complexity index is 2800. The number of unbranched alkanes of at least 4 members (excludes halogenated alkanes) is 41. The molecule has 0 saturated heterocycles. The molecule has 2 atom stereocenters. The molecule has 0 aliphatic rings. The molecule has 692 valence electrons. The van der Waals surface area contributed by atoms with Crippen molar-refractivity contribution in [1.29, 1.82) is 0 Å². The highest BCUT2D eigenvalue weighted by Gasteiger charge is 2.23. The summed E-state index contributed by atoms with van der Waals surface area (Å²) < 4.78 is 33.8. The Morgan fingerprint density at radius 3 is 1.05 bits per heavy atom. The monoisotopic (exact) mass is 1700 g/mol. The molecule has 1 aromatic rings. The van der Waals surface area contributed by atoms with E-state index in [1.807, 2.05) is 0 Å². The van der Waals surface area contributed by atoms with Gasteiger partial charge in [0.05, 0.1) is 18.9 Å². The lowest BCUT2D eigenvalue weighted by molar-refractivity contribution is -0.167. The smallest absolute Gasteiger partial charge is 0.327 e. The second kappa shape index (κ2) is 88.0. The quantitative estimate of drug-likeness (QED) is 0.00895. The Morgan fingerprint density at radius 1 is 0.425 bits per heavy atom. The highest BCUT2D eigenvalue weighted by molar-refractivity contribution is 5.78. The maximum Gasteiger partial charge on any atom is 0.327 e. The van der Waals surface area contributed by atoms with Crippen LogP contribution in [0.3, 0.4) is 0 Å². The number of hydrogen-bond donors (Lipinski definition) is 4. The topological polar surface area (TPSA) is 377 Å². The second-order valence-electron chi connectivity index (χ2n) is 31.4. The zero-order chi connectivity index (χ0) is 88.6. The summed E-state index contributed by atoms with van der Waals surface area (Å²) in [5, 5.41) is 34.8. The number of azide groups is 1. The van der Waals surface area contributed by atoms with Crippen LogP contribution in [0.1, 0.15) is 400 Å². The maximum atomic E-state index is 12.8. The number of aromatic nitrogens is 3. The summed E-state index contributed by atoms with van der Waals surface area (Å²) in [5.41, 5.74) is 8.97. The van der Waals surface area contributed by atoms with Gasteiger partial charge in [-0.1, -0.05) is 309 Å². The number of carbonyl (C=O) groups is 10. The molecule has 0 aliphatic heterocycles. The van der Waals surface area contributed by atoms with Crippen molar-refractivity contribution in [3.63, 3.8) is 0 Å². The fraction of sp³-hybridized carbons (Fsp3) is 0.848. The number of amides is 4. The zero-order valence-electron chi connectivity index (χ0n) is 75.8. The molecule has 0 bridgehead atoms. The van der Waals surface area contributed by atoms with E-state index >= 15 is 0 Å². The van der Waals surface area contributed by atoms with Crippen molar-refractivity contribution in [2.45, 2.75) is 420 Å². The van der Waals surface area contributed by atoms with Crippen LogP contribution in [0.25, 0.3) is 10.4 Å². The molecule has 4 N–H and O–H groups in total. The van der Waals surface area contributed by atoms with Crippen LogP contribution >= 0.6 is 0 Å². The first kappa shape index (κ1) is 115. The van der Waals surface area contributed by atoms with Crippen molar-refractivity contribution >= 4 is 59.4 Å². The van der Waals surface area contributed by atoms with E-state index in [1.54, 1.807) is 24.9 Å². The van der Waals surface area contributed by atoms with E-state index in [1.165, 1.54) is 209 Å². The lowest BCUT2D eigenvalue weighted by Crippen LogP contribution is -2.39. The van der Waals surface area contributed by atoms with Gasteiger partial charge in [-0.2, -0.15) is 0 Å². The van der Waals surface area contributed by atoms with Gasteiger partial charge in [0.2, 0.25) is 23.6 Å². The third-order valence-corrected chi connectivity index (χ3v) is 20.4. The Balaban J connectivity index is 0. The molecule has 0 aromatic carbocycles. The summed E-state index contributed by atoms with van der Waals surface area (Å²) in [6, 6.07) is 0. The van der Waals surface area contributed by atoms with Crippen molar-refractivity contribution in [2.24, 2.45) is 5.11 Å². The Kier molecular flexibility index (Phi) is 84.1. The summed E-state index contributed by atoms with van der Waals surface area (Å²) >= 11 is 0. The van der Waals surface area contributed by atoms with Gasteiger partial charge in [0.1, 0.15) is 39.5 Å². The molecule has 4 amide bonds. The molecule has 2 unspecified atom stereocenters. The first-order chi connectivity index (χ1) is 58.4. The van der Waals surface area contributed by atoms with Gasteiger partial charge >= 0.3 is 35.8 Å². The van der Waals surface area contributed by atoms with E-state index in [4.69, 9.17) is 50.6 Å². The number of ether oxygens (including phenoxy) is 6. The molecule has 0 spiro atoms. The second-order valence-corrected chi connectivity index (χ2v) is 31.4. The van der Waals surface area contributed by atoms with E-state index in [0.717, 1.165) is 77.0 Å². The third kappa shape index (κ3) is 77.9. The first-order valence-electron chi connectivity index (χ1n) is 47.1. The highest BCUT2D eigenvalue weighted by Crippen LogP contribution is 2.19. The van der Waals surface area contributed by atoms with E-state index < -0.39 is 42.6 Å². The minimum atomic E-state index is -0.919. The van der Waals surface area contributed by atoms with Crippen molar-refractivity contribution in [2.75, 3.05) is 85.5 Å². The molecule has 0 fully saturated rings. The van der Waals surface area contributed by atoms with Crippen LogP contribution in [-0.4, -0.2) is 192 Å². The molecular formula is C92H166N10O18. The van der Waals surface area contributed by atoms with E-state index in [0.29, 0.717) is 103 Å². The van der Waals surface area contributed by atoms with Gasteiger partial charge in [-0.15, -0.1) is 17.4 Å². The Morgan fingerprint density at radius 2 is 0.733 bits per heavy atom. The van der Waals surface area contributed by atoms with Gasteiger partial charge in [-0.05, 0) is 50.5 Å². The molecular weight excluding hydrogens is 1530 g/mol. The molecule has 120 heavy (non-hydrogen) atoms. The average molecular weight is 1700 g/mol. The molecule has 28 nitrogen and oxygen atoms in total. The number of aliphatic hydroxyl groups excluding tert-OH is 2. The van der Waals surface area contributed by atoms with Gasteiger partial charge in [0, 0.05) is 108 Å². The molecule has 0 saturated carbocycles. The predicted octanol–water partition coefficient (Wildman–Crippen LogP) is 18.2. The normalized spacial score (nSPS) is 11.3. The number of nitrogens with one attached hydrogen (secondary N) is 2. The molecule has 1 aromatic heterocycles. The van der Waals surface area contributed by atoms with E-state index in [-0.39, 0.29) is 108 Å². The Hall–Kier alpha value is -7.37. The number of rotatable bonds is 81. The predicted molar refractivity (Wildman–Crippen MR) is 471 cm³/mol. The number of aryl methyl sites for hydroxylation is 1. The highest BCUT2D eigenvalue weighted by atomic mass is 16.6. The van der Waals surface area contributed by atoms with Crippen molar-refractivity contribution in [3.8, 4) is 12.3 Å².